The van der Waals surface area contributed by atoms with Crippen LogP contribution in [0.4, 0.5) is 0 Å². The van der Waals surface area contributed by atoms with E-state index in [-0.39, 0.29) is 0 Å². The zero-order chi connectivity index (χ0) is 15.0. The van der Waals surface area contributed by atoms with Crippen molar-refractivity contribution < 1.29 is 9.47 Å². The lowest BCUT2D eigenvalue weighted by molar-refractivity contribution is 0.268. The van der Waals surface area contributed by atoms with Gasteiger partial charge in [0, 0.05) is 0 Å². The molecule has 4 heteroatoms. The van der Waals surface area contributed by atoms with Gasteiger partial charge in [-0.15, -0.1) is 0 Å². The molecule has 0 saturated carbocycles. The first kappa shape index (κ1) is 16.3. The van der Waals surface area contributed by atoms with E-state index in [9.17, 15) is 5.26 Å². The quantitative estimate of drug-likeness (QED) is 0.741. The Morgan fingerprint density at radius 1 is 1.35 bits per heavy atom. The third-order valence-electron chi connectivity index (χ3n) is 3.62. The molecule has 110 valence electrons. The van der Waals surface area contributed by atoms with Gasteiger partial charge in [-0.1, -0.05) is 13.0 Å². The van der Waals surface area contributed by atoms with Crippen LogP contribution in [-0.4, -0.2) is 26.3 Å². The highest BCUT2D eigenvalue weighted by molar-refractivity contribution is 5.42. The first-order chi connectivity index (χ1) is 9.60. The van der Waals surface area contributed by atoms with Gasteiger partial charge in [-0.25, -0.2) is 0 Å². The molecule has 0 bridgehead atoms. The molecule has 4 nitrogen and oxygen atoms in total. The fourth-order valence-corrected chi connectivity index (χ4v) is 2.12. The fraction of sp³-hybridized carbons (Fsp3) is 0.562. The largest absolute Gasteiger partial charge is 0.493 e. The van der Waals surface area contributed by atoms with Gasteiger partial charge < -0.3 is 14.8 Å². The van der Waals surface area contributed by atoms with Crippen LogP contribution in [0.5, 0.6) is 11.5 Å². The molecule has 1 rings (SSSR count). The predicted molar refractivity (Wildman–Crippen MR) is 80.2 cm³/mol. The van der Waals surface area contributed by atoms with E-state index in [1.54, 1.807) is 7.11 Å². The SMILES string of the molecule is CCC(C#N)(CCCOc1ccc(C)cc1OC)NC. The van der Waals surface area contributed by atoms with Crippen LogP contribution in [0, 0.1) is 18.3 Å². The second-order valence-electron chi connectivity index (χ2n) is 4.90. The van der Waals surface area contributed by atoms with Crippen molar-refractivity contribution in [3.63, 3.8) is 0 Å². The first-order valence-corrected chi connectivity index (χ1v) is 6.98. The minimum Gasteiger partial charge on any atom is -0.493 e. The van der Waals surface area contributed by atoms with Crippen molar-refractivity contribution >= 4 is 0 Å². The molecule has 1 N–H and O–H groups in total. The summed E-state index contributed by atoms with van der Waals surface area (Å²) in [5.74, 6) is 1.50. The zero-order valence-corrected chi connectivity index (χ0v) is 12.8. The van der Waals surface area contributed by atoms with E-state index in [4.69, 9.17) is 9.47 Å². The van der Waals surface area contributed by atoms with Gasteiger partial charge in [0.25, 0.3) is 0 Å². The Kier molecular flexibility index (Phi) is 6.33. The summed E-state index contributed by atoms with van der Waals surface area (Å²) < 4.78 is 11.0. The van der Waals surface area contributed by atoms with Crippen LogP contribution in [0.3, 0.4) is 0 Å². The summed E-state index contributed by atoms with van der Waals surface area (Å²) in [4.78, 5) is 0. The van der Waals surface area contributed by atoms with Gasteiger partial charge >= 0.3 is 0 Å². The van der Waals surface area contributed by atoms with Crippen molar-refractivity contribution in [2.24, 2.45) is 0 Å². The van der Waals surface area contributed by atoms with Gasteiger partial charge in [0.15, 0.2) is 11.5 Å². The minimum atomic E-state index is -0.444. The average molecular weight is 276 g/mol. The highest BCUT2D eigenvalue weighted by Crippen LogP contribution is 2.28. The van der Waals surface area contributed by atoms with E-state index in [2.05, 4.69) is 11.4 Å². The Labute approximate surface area is 121 Å². The van der Waals surface area contributed by atoms with Crippen LogP contribution in [-0.2, 0) is 0 Å². The molecule has 0 heterocycles. The molecular weight excluding hydrogens is 252 g/mol. The number of nitrogens with zero attached hydrogens (tertiary/aromatic N) is 1. The standard InChI is InChI=1S/C16H24N2O2/c1-5-16(12-17,18-3)9-6-10-20-14-8-7-13(2)11-15(14)19-4/h7-8,11,18H,5-6,9-10H2,1-4H3. The highest BCUT2D eigenvalue weighted by Gasteiger charge is 2.24. The van der Waals surface area contributed by atoms with E-state index in [0.717, 1.165) is 36.3 Å². The Bertz CT molecular complexity index is 462. The maximum absolute atomic E-state index is 9.23. The third kappa shape index (κ3) is 4.14. The summed E-state index contributed by atoms with van der Waals surface area (Å²) in [6.07, 6.45) is 2.37. The van der Waals surface area contributed by atoms with Gasteiger partial charge in [0.2, 0.25) is 0 Å². The van der Waals surface area contributed by atoms with Crippen molar-refractivity contribution in [3.05, 3.63) is 23.8 Å². The summed E-state index contributed by atoms with van der Waals surface area (Å²) >= 11 is 0. The molecule has 0 aliphatic heterocycles. The molecule has 0 aliphatic carbocycles. The molecule has 0 fully saturated rings. The number of hydrogen-bond donors (Lipinski definition) is 1. The van der Waals surface area contributed by atoms with E-state index in [0.29, 0.717) is 6.61 Å². The Hall–Kier alpha value is -1.73. The summed E-state index contributed by atoms with van der Waals surface area (Å²) in [6, 6.07) is 8.22. The van der Waals surface area contributed by atoms with Crippen LogP contribution in [0.1, 0.15) is 31.7 Å². The monoisotopic (exact) mass is 276 g/mol. The van der Waals surface area contributed by atoms with Crippen LogP contribution in [0.2, 0.25) is 0 Å². The Morgan fingerprint density at radius 3 is 2.65 bits per heavy atom. The zero-order valence-electron chi connectivity index (χ0n) is 12.8. The van der Waals surface area contributed by atoms with Crippen LogP contribution < -0.4 is 14.8 Å². The molecule has 0 amide bonds. The number of ether oxygens (including phenoxy) is 2. The average Bonchev–Trinajstić information content (AvgIpc) is 2.49. The predicted octanol–water partition coefficient (Wildman–Crippen LogP) is 3.05. The lowest BCUT2D eigenvalue weighted by Crippen LogP contribution is -2.41. The molecule has 1 aromatic carbocycles. The van der Waals surface area contributed by atoms with Crippen molar-refractivity contribution in [1.82, 2.24) is 5.32 Å². The first-order valence-electron chi connectivity index (χ1n) is 6.98. The van der Waals surface area contributed by atoms with E-state index in [1.165, 1.54) is 0 Å². The second kappa shape index (κ2) is 7.76. The highest BCUT2D eigenvalue weighted by atomic mass is 16.5. The van der Waals surface area contributed by atoms with E-state index in [1.807, 2.05) is 39.1 Å². The summed E-state index contributed by atoms with van der Waals surface area (Å²) in [5, 5.41) is 12.3. The molecule has 1 unspecified atom stereocenters. The topological polar surface area (TPSA) is 54.3 Å². The molecule has 1 atom stereocenters. The third-order valence-corrected chi connectivity index (χ3v) is 3.62. The molecule has 1 aromatic rings. The van der Waals surface area contributed by atoms with Gasteiger partial charge in [-0.05, 0) is 50.9 Å². The second-order valence-corrected chi connectivity index (χ2v) is 4.90. The lowest BCUT2D eigenvalue weighted by Gasteiger charge is -2.24. The van der Waals surface area contributed by atoms with Crippen molar-refractivity contribution in [1.29, 1.82) is 5.26 Å². The van der Waals surface area contributed by atoms with Crippen LogP contribution in [0.15, 0.2) is 18.2 Å². The maximum Gasteiger partial charge on any atom is 0.161 e. The van der Waals surface area contributed by atoms with Gasteiger partial charge in [0.05, 0.1) is 19.8 Å². The van der Waals surface area contributed by atoms with Crippen LogP contribution >= 0.6 is 0 Å². The summed E-state index contributed by atoms with van der Waals surface area (Å²) in [5.41, 5.74) is 0.694. The van der Waals surface area contributed by atoms with Gasteiger partial charge in [-0.2, -0.15) is 5.26 Å². The van der Waals surface area contributed by atoms with Gasteiger partial charge in [0.1, 0.15) is 5.54 Å². The number of nitrogens with one attached hydrogen (secondary N) is 1. The van der Waals surface area contributed by atoms with Crippen molar-refractivity contribution in [2.75, 3.05) is 20.8 Å². The Morgan fingerprint density at radius 2 is 2.10 bits per heavy atom. The van der Waals surface area contributed by atoms with Crippen molar-refractivity contribution in [3.8, 4) is 17.6 Å². The molecule has 0 spiro atoms. The molecule has 0 saturated heterocycles. The van der Waals surface area contributed by atoms with Crippen molar-refractivity contribution in [2.45, 2.75) is 38.6 Å². The Balaban J connectivity index is 2.51. The molecule has 0 aromatic heterocycles. The summed E-state index contributed by atoms with van der Waals surface area (Å²) in [6.45, 7) is 4.61. The number of nitriles is 1. The molecule has 0 radical (unpaired) electrons. The maximum atomic E-state index is 9.23. The van der Waals surface area contributed by atoms with Crippen LogP contribution in [0.25, 0.3) is 0 Å². The number of rotatable bonds is 8. The number of methoxy groups -OCH3 is 1. The number of aryl methyl sites for hydroxylation is 1. The van der Waals surface area contributed by atoms with Gasteiger partial charge in [-0.3, -0.25) is 0 Å². The van der Waals surface area contributed by atoms with E-state index < -0.39 is 5.54 Å². The number of benzene rings is 1. The smallest absolute Gasteiger partial charge is 0.161 e. The molecular formula is C16H24N2O2. The van der Waals surface area contributed by atoms with E-state index >= 15 is 0 Å². The summed E-state index contributed by atoms with van der Waals surface area (Å²) in [7, 11) is 3.47. The minimum absolute atomic E-state index is 0.444. The fourth-order valence-electron chi connectivity index (χ4n) is 2.12. The molecule has 20 heavy (non-hydrogen) atoms. The molecule has 0 aliphatic rings. The number of hydrogen-bond acceptors (Lipinski definition) is 4. The lowest BCUT2D eigenvalue weighted by atomic mass is 9.92. The normalized spacial score (nSPS) is 13.3.